The standard InChI is InChI=1S/C17H17ClN2O4/c1-11-17(15(21)5-8-23-11)24-10-16(22)20-7-6-19(2)13-4-3-12(18)9-14(13)20/h3-5,8-9H,6-7,10H2,1-2H3. The maximum Gasteiger partial charge on any atom is 0.265 e. The van der Waals surface area contributed by atoms with Crippen molar-refractivity contribution < 1.29 is 13.9 Å². The zero-order valence-corrected chi connectivity index (χ0v) is 14.2. The fraction of sp³-hybridized carbons (Fsp3) is 0.294. The summed E-state index contributed by atoms with van der Waals surface area (Å²) in [4.78, 5) is 28.1. The fourth-order valence-electron chi connectivity index (χ4n) is 2.67. The first-order chi connectivity index (χ1) is 11.5. The summed E-state index contributed by atoms with van der Waals surface area (Å²) < 4.78 is 10.5. The summed E-state index contributed by atoms with van der Waals surface area (Å²) in [6.07, 6.45) is 1.30. The highest BCUT2D eigenvalue weighted by molar-refractivity contribution is 6.31. The molecule has 0 unspecified atom stereocenters. The molecule has 0 fully saturated rings. The molecule has 0 spiro atoms. The normalized spacial score (nSPS) is 13.6. The molecule has 0 aliphatic carbocycles. The molecule has 0 saturated heterocycles. The van der Waals surface area contributed by atoms with Crippen LogP contribution in [0, 0.1) is 6.92 Å². The summed E-state index contributed by atoms with van der Waals surface area (Å²) in [6.45, 7) is 2.60. The van der Waals surface area contributed by atoms with Gasteiger partial charge in [-0.25, -0.2) is 0 Å². The summed E-state index contributed by atoms with van der Waals surface area (Å²) in [7, 11) is 1.96. The third-order valence-electron chi connectivity index (χ3n) is 3.95. The number of anilines is 2. The second kappa shape index (κ2) is 6.57. The van der Waals surface area contributed by atoms with Crippen molar-refractivity contribution >= 4 is 28.9 Å². The molecule has 0 atom stereocenters. The summed E-state index contributed by atoms with van der Waals surface area (Å²) >= 11 is 6.07. The highest BCUT2D eigenvalue weighted by Gasteiger charge is 2.26. The van der Waals surface area contributed by atoms with Crippen molar-refractivity contribution in [3.05, 3.63) is 51.5 Å². The van der Waals surface area contributed by atoms with Crippen molar-refractivity contribution in [2.24, 2.45) is 0 Å². The SMILES string of the molecule is Cc1occc(=O)c1OCC(=O)N1CCN(C)c2ccc(Cl)cc21. The Morgan fingerprint density at radius 2 is 2.08 bits per heavy atom. The second-order valence-corrected chi connectivity index (χ2v) is 6.00. The highest BCUT2D eigenvalue weighted by atomic mass is 35.5. The molecule has 0 N–H and O–H groups in total. The van der Waals surface area contributed by atoms with E-state index in [1.54, 1.807) is 24.0 Å². The summed E-state index contributed by atoms with van der Waals surface area (Å²) in [5.41, 5.74) is 1.35. The molecule has 0 radical (unpaired) electrons. The van der Waals surface area contributed by atoms with E-state index in [4.69, 9.17) is 20.8 Å². The van der Waals surface area contributed by atoms with E-state index < -0.39 is 0 Å². The van der Waals surface area contributed by atoms with Crippen LogP contribution in [0.15, 0.2) is 39.7 Å². The Morgan fingerprint density at radius 3 is 2.83 bits per heavy atom. The van der Waals surface area contributed by atoms with Crippen LogP contribution >= 0.6 is 11.6 Å². The topological polar surface area (TPSA) is 63.0 Å². The van der Waals surface area contributed by atoms with Crippen LogP contribution in [0.5, 0.6) is 5.75 Å². The lowest BCUT2D eigenvalue weighted by atomic mass is 10.1. The van der Waals surface area contributed by atoms with Crippen molar-refractivity contribution in [2.75, 3.05) is 36.5 Å². The van der Waals surface area contributed by atoms with Gasteiger partial charge in [0.15, 0.2) is 6.61 Å². The number of carbonyl (C=O) groups excluding carboxylic acids is 1. The third-order valence-corrected chi connectivity index (χ3v) is 4.18. The Morgan fingerprint density at radius 1 is 1.29 bits per heavy atom. The monoisotopic (exact) mass is 348 g/mol. The van der Waals surface area contributed by atoms with Gasteiger partial charge in [0.2, 0.25) is 11.2 Å². The Labute approximate surface area is 144 Å². The number of benzene rings is 1. The predicted molar refractivity (Wildman–Crippen MR) is 92.3 cm³/mol. The first kappa shape index (κ1) is 16.4. The molecule has 1 amide bonds. The molecule has 0 saturated carbocycles. The van der Waals surface area contributed by atoms with E-state index >= 15 is 0 Å². The largest absolute Gasteiger partial charge is 0.476 e. The van der Waals surface area contributed by atoms with E-state index in [1.165, 1.54) is 12.3 Å². The van der Waals surface area contributed by atoms with Crippen LogP contribution in [0.1, 0.15) is 5.76 Å². The minimum Gasteiger partial charge on any atom is -0.476 e. The van der Waals surface area contributed by atoms with Crippen LogP contribution in [0.3, 0.4) is 0 Å². The number of carbonyl (C=O) groups is 1. The zero-order valence-electron chi connectivity index (χ0n) is 13.4. The van der Waals surface area contributed by atoms with Crippen molar-refractivity contribution in [1.29, 1.82) is 0 Å². The van der Waals surface area contributed by atoms with Crippen molar-refractivity contribution in [2.45, 2.75) is 6.92 Å². The van der Waals surface area contributed by atoms with Gasteiger partial charge in [0.25, 0.3) is 5.91 Å². The smallest absolute Gasteiger partial charge is 0.265 e. The van der Waals surface area contributed by atoms with Gasteiger partial charge >= 0.3 is 0 Å². The van der Waals surface area contributed by atoms with Crippen LogP contribution < -0.4 is 20.0 Å². The lowest BCUT2D eigenvalue weighted by Crippen LogP contribution is -2.44. The number of likely N-dealkylation sites (N-methyl/N-ethyl adjacent to an activating group) is 1. The number of hydrogen-bond acceptors (Lipinski definition) is 5. The van der Waals surface area contributed by atoms with Gasteiger partial charge in [-0.05, 0) is 25.1 Å². The molecule has 0 bridgehead atoms. The summed E-state index contributed by atoms with van der Waals surface area (Å²) in [6, 6.07) is 6.69. The minimum atomic E-state index is -0.312. The number of halogens is 1. The lowest BCUT2D eigenvalue weighted by molar-refractivity contribution is -0.120. The van der Waals surface area contributed by atoms with E-state index in [9.17, 15) is 9.59 Å². The first-order valence-corrected chi connectivity index (χ1v) is 7.87. The number of hydrogen-bond donors (Lipinski definition) is 0. The Kier molecular flexibility index (Phi) is 4.49. The van der Waals surface area contributed by atoms with E-state index in [2.05, 4.69) is 4.90 Å². The van der Waals surface area contributed by atoms with Crippen LogP contribution in [0.4, 0.5) is 11.4 Å². The van der Waals surface area contributed by atoms with Crippen LogP contribution in [-0.2, 0) is 4.79 Å². The first-order valence-electron chi connectivity index (χ1n) is 7.49. The van der Waals surface area contributed by atoms with Gasteiger partial charge in [-0.1, -0.05) is 11.6 Å². The molecule has 1 aliphatic heterocycles. The lowest BCUT2D eigenvalue weighted by Gasteiger charge is -2.35. The van der Waals surface area contributed by atoms with Crippen LogP contribution in [0.2, 0.25) is 5.02 Å². The fourth-order valence-corrected chi connectivity index (χ4v) is 2.84. The molecule has 126 valence electrons. The Bertz CT molecular complexity index is 834. The third kappa shape index (κ3) is 3.10. The molecule has 1 aliphatic rings. The molecule has 1 aromatic heterocycles. The van der Waals surface area contributed by atoms with E-state index in [-0.39, 0.29) is 23.7 Å². The number of aryl methyl sites for hydroxylation is 1. The van der Waals surface area contributed by atoms with Crippen LogP contribution in [0.25, 0.3) is 0 Å². The molecule has 6 nitrogen and oxygen atoms in total. The van der Waals surface area contributed by atoms with E-state index in [1.807, 2.05) is 13.1 Å². The average Bonchev–Trinajstić information content (AvgIpc) is 2.54. The van der Waals surface area contributed by atoms with E-state index in [0.717, 1.165) is 11.4 Å². The van der Waals surface area contributed by atoms with Gasteiger partial charge in [-0.2, -0.15) is 0 Å². The van der Waals surface area contributed by atoms with Gasteiger partial charge in [-0.15, -0.1) is 0 Å². The number of rotatable bonds is 3. The summed E-state index contributed by atoms with van der Waals surface area (Å²) in [5.74, 6) is 0.165. The predicted octanol–water partition coefficient (Wildman–Crippen LogP) is 2.46. The Balaban J connectivity index is 1.80. The maximum atomic E-state index is 12.6. The average molecular weight is 349 g/mol. The van der Waals surface area contributed by atoms with Crippen molar-refractivity contribution in [1.82, 2.24) is 0 Å². The molecule has 2 heterocycles. The maximum absolute atomic E-state index is 12.6. The van der Waals surface area contributed by atoms with Gasteiger partial charge in [0.1, 0.15) is 5.76 Å². The molecular formula is C17H17ClN2O4. The minimum absolute atomic E-state index is 0.0614. The molecule has 24 heavy (non-hydrogen) atoms. The highest BCUT2D eigenvalue weighted by Crippen LogP contribution is 2.34. The molecule has 3 rings (SSSR count). The second-order valence-electron chi connectivity index (χ2n) is 5.56. The number of fused-ring (bicyclic) bond motifs is 1. The molecule has 2 aromatic rings. The molecule has 7 heteroatoms. The van der Waals surface area contributed by atoms with Gasteiger partial charge in [0, 0.05) is 31.2 Å². The number of ether oxygens (including phenoxy) is 1. The zero-order chi connectivity index (χ0) is 17.3. The number of amides is 1. The van der Waals surface area contributed by atoms with E-state index in [0.29, 0.717) is 23.9 Å². The quantitative estimate of drug-likeness (QED) is 0.852. The number of nitrogens with zero attached hydrogens (tertiary/aromatic N) is 2. The van der Waals surface area contributed by atoms with Gasteiger partial charge in [0.05, 0.1) is 17.6 Å². The molecule has 1 aromatic carbocycles. The Hall–Kier alpha value is -2.47. The van der Waals surface area contributed by atoms with Gasteiger partial charge in [-0.3, -0.25) is 9.59 Å². The molecular weight excluding hydrogens is 332 g/mol. The van der Waals surface area contributed by atoms with Crippen molar-refractivity contribution in [3.63, 3.8) is 0 Å². The van der Waals surface area contributed by atoms with Gasteiger partial charge < -0.3 is 19.0 Å². The summed E-state index contributed by atoms with van der Waals surface area (Å²) in [5, 5.41) is 0.558. The van der Waals surface area contributed by atoms with Crippen LogP contribution in [-0.4, -0.2) is 32.7 Å². The van der Waals surface area contributed by atoms with Crippen molar-refractivity contribution in [3.8, 4) is 5.75 Å².